The lowest BCUT2D eigenvalue weighted by Crippen LogP contribution is -2.12. The summed E-state index contributed by atoms with van der Waals surface area (Å²) in [6, 6.07) is 0. The lowest BCUT2D eigenvalue weighted by molar-refractivity contribution is 0.554. The average Bonchev–Trinajstić information content (AvgIpc) is 1.64. The molecule has 1 aliphatic rings. The summed E-state index contributed by atoms with van der Waals surface area (Å²) in [6.45, 7) is 0.0490. The molecule has 0 saturated carbocycles. The molecule has 1 N–H and O–H groups in total. The zero-order chi connectivity index (χ0) is 5.98. The molecule has 0 aromatic rings. The fourth-order valence-electron chi connectivity index (χ4n) is 0.438. The number of nitrogens with one attached hydrogen (secondary N) is 1. The van der Waals surface area contributed by atoms with E-state index in [0.29, 0.717) is 0 Å². The maximum Gasteiger partial charge on any atom is 0.151 e. The Balaban J connectivity index is 2.69. The number of hydrogen-bond donors (Lipinski definition) is 1. The standard InChI is InChI=1S/C5H4F2N/c6-4-1-5(7)3-8-2-4/h1,8H,2H2. The van der Waals surface area contributed by atoms with E-state index in [1.165, 1.54) is 0 Å². The molecule has 0 bridgehead atoms. The minimum atomic E-state index is -0.686. The molecule has 0 unspecified atom stereocenters. The molecule has 0 spiro atoms. The van der Waals surface area contributed by atoms with Gasteiger partial charge in [-0.25, -0.2) is 8.78 Å². The summed E-state index contributed by atoms with van der Waals surface area (Å²) in [5, 5.41) is 2.28. The second-order valence-corrected chi connectivity index (χ2v) is 1.42. The van der Waals surface area contributed by atoms with E-state index < -0.39 is 11.7 Å². The van der Waals surface area contributed by atoms with Gasteiger partial charge < -0.3 is 5.32 Å². The van der Waals surface area contributed by atoms with Gasteiger partial charge in [0.15, 0.2) is 5.83 Å². The van der Waals surface area contributed by atoms with Gasteiger partial charge in [-0.05, 0) is 0 Å². The van der Waals surface area contributed by atoms with Crippen molar-refractivity contribution in [1.29, 1.82) is 0 Å². The van der Waals surface area contributed by atoms with E-state index in [9.17, 15) is 8.78 Å². The highest BCUT2D eigenvalue weighted by molar-refractivity contribution is 5.15. The van der Waals surface area contributed by atoms with Gasteiger partial charge in [-0.2, -0.15) is 0 Å². The van der Waals surface area contributed by atoms with Crippen LogP contribution in [0.1, 0.15) is 0 Å². The molecule has 0 aliphatic carbocycles. The number of allylic oxidation sites excluding steroid dienone is 2. The molecule has 0 saturated heterocycles. The Kier molecular flexibility index (Phi) is 1.28. The van der Waals surface area contributed by atoms with Crippen molar-refractivity contribution in [2.75, 3.05) is 6.54 Å². The third-order valence-electron chi connectivity index (χ3n) is 0.748. The maximum atomic E-state index is 11.9. The second kappa shape index (κ2) is 1.94. The van der Waals surface area contributed by atoms with Gasteiger partial charge in [0.2, 0.25) is 0 Å². The summed E-state index contributed by atoms with van der Waals surface area (Å²) in [5.41, 5.74) is 0. The number of rotatable bonds is 0. The summed E-state index contributed by atoms with van der Waals surface area (Å²) in [4.78, 5) is 0. The zero-order valence-electron chi connectivity index (χ0n) is 4.04. The van der Waals surface area contributed by atoms with Crippen LogP contribution in [0, 0.1) is 6.20 Å². The number of dihydropyridines is 1. The highest BCUT2D eigenvalue weighted by Crippen LogP contribution is 2.06. The van der Waals surface area contributed by atoms with Gasteiger partial charge in [0.05, 0.1) is 12.7 Å². The topological polar surface area (TPSA) is 12.0 Å². The van der Waals surface area contributed by atoms with Crippen molar-refractivity contribution in [3.63, 3.8) is 0 Å². The molecular weight excluding hydrogens is 112 g/mol. The quantitative estimate of drug-likeness (QED) is 0.499. The molecule has 1 heterocycles. The molecule has 0 atom stereocenters. The Morgan fingerprint density at radius 1 is 1.62 bits per heavy atom. The molecular formula is C5H4F2N. The van der Waals surface area contributed by atoms with Gasteiger partial charge in [0.25, 0.3) is 0 Å². The van der Waals surface area contributed by atoms with Crippen molar-refractivity contribution in [3.8, 4) is 0 Å². The molecule has 0 aromatic carbocycles. The minimum absolute atomic E-state index is 0.0490. The van der Waals surface area contributed by atoms with Crippen molar-refractivity contribution in [1.82, 2.24) is 5.32 Å². The van der Waals surface area contributed by atoms with Crippen molar-refractivity contribution >= 4 is 0 Å². The fourth-order valence-corrected chi connectivity index (χ4v) is 0.438. The van der Waals surface area contributed by atoms with E-state index >= 15 is 0 Å². The van der Waals surface area contributed by atoms with Crippen LogP contribution in [-0.4, -0.2) is 6.54 Å². The van der Waals surface area contributed by atoms with E-state index in [2.05, 4.69) is 11.5 Å². The normalized spacial score (nSPS) is 18.8. The number of hydrogen-bond acceptors (Lipinski definition) is 1. The van der Waals surface area contributed by atoms with Gasteiger partial charge in [-0.15, -0.1) is 0 Å². The summed E-state index contributed by atoms with van der Waals surface area (Å²) in [7, 11) is 0. The van der Waals surface area contributed by atoms with Gasteiger partial charge in [-0.3, -0.25) is 0 Å². The first-order valence-corrected chi connectivity index (χ1v) is 2.16. The van der Waals surface area contributed by atoms with Gasteiger partial charge >= 0.3 is 0 Å². The third-order valence-corrected chi connectivity index (χ3v) is 0.748. The van der Waals surface area contributed by atoms with E-state index in [1.54, 1.807) is 0 Å². The minimum Gasteiger partial charge on any atom is -0.374 e. The molecule has 0 fully saturated rings. The molecule has 8 heavy (non-hydrogen) atoms. The van der Waals surface area contributed by atoms with Crippen LogP contribution in [0.4, 0.5) is 8.78 Å². The van der Waals surface area contributed by atoms with E-state index in [-0.39, 0.29) is 6.54 Å². The molecule has 43 valence electrons. The fraction of sp³-hybridized carbons (Fsp3) is 0.200. The summed E-state index contributed by atoms with van der Waals surface area (Å²) in [5.74, 6) is -1.19. The summed E-state index contributed by atoms with van der Waals surface area (Å²) < 4.78 is 23.8. The molecule has 1 aliphatic heterocycles. The second-order valence-electron chi connectivity index (χ2n) is 1.42. The predicted octanol–water partition coefficient (Wildman–Crippen LogP) is 1.06. The van der Waals surface area contributed by atoms with E-state index in [1.807, 2.05) is 0 Å². The van der Waals surface area contributed by atoms with Crippen LogP contribution in [-0.2, 0) is 0 Å². The highest BCUT2D eigenvalue weighted by atomic mass is 19.1. The third kappa shape index (κ3) is 1.05. The van der Waals surface area contributed by atoms with E-state index in [4.69, 9.17) is 0 Å². The molecule has 1 rings (SSSR count). The average molecular weight is 116 g/mol. The first-order chi connectivity index (χ1) is 3.79. The van der Waals surface area contributed by atoms with Gasteiger partial charge in [-0.1, -0.05) is 0 Å². The predicted molar refractivity (Wildman–Crippen MR) is 25.1 cm³/mol. The van der Waals surface area contributed by atoms with Crippen LogP contribution in [0.5, 0.6) is 0 Å². The first-order valence-electron chi connectivity index (χ1n) is 2.16. The van der Waals surface area contributed by atoms with Crippen molar-refractivity contribution in [2.24, 2.45) is 0 Å². The smallest absolute Gasteiger partial charge is 0.151 e. The van der Waals surface area contributed by atoms with Crippen LogP contribution in [0.3, 0.4) is 0 Å². The SMILES string of the molecule is FC1=[C]NCC(F)=C1. The Bertz CT molecular complexity index is 149. The largest absolute Gasteiger partial charge is 0.374 e. The van der Waals surface area contributed by atoms with Crippen LogP contribution in [0.25, 0.3) is 0 Å². The monoisotopic (exact) mass is 116 g/mol. The lowest BCUT2D eigenvalue weighted by Gasteiger charge is -2.01. The van der Waals surface area contributed by atoms with Crippen LogP contribution in [0.15, 0.2) is 17.7 Å². The van der Waals surface area contributed by atoms with Crippen LogP contribution < -0.4 is 5.32 Å². The van der Waals surface area contributed by atoms with Gasteiger partial charge in [0.1, 0.15) is 5.83 Å². The molecule has 0 aromatic heterocycles. The summed E-state index contributed by atoms with van der Waals surface area (Å²) >= 11 is 0. The Morgan fingerprint density at radius 2 is 2.38 bits per heavy atom. The first kappa shape index (κ1) is 5.28. The Morgan fingerprint density at radius 3 is 2.75 bits per heavy atom. The molecule has 0 amide bonds. The Hall–Kier alpha value is -0.860. The number of halogens is 2. The Labute approximate surface area is 45.7 Å². The summed E-state index contributed by atoms with van der Waals surface area (Å²) in [6.07, 6.45) is 2.90. The lowest BCUT2D eigenvalue weighted by atomic mass is 10.4. The van der Waals surface area contributed by atoms with Gasteiger partial charge in [0, 0.05) is 6.08 Å². The van der Waals surface area contributed by atoms with Crippen molar-refractivity contribution in [3.05, 3.63) is 23.9 Å². The maximum absolute atomic E-state index is 11.9. The highest BCUT2D eigenvalue weighted by Gasteiger charge is 2.01. The zero-order valence-corrected chi connectivity index (χ0v) is 4.04. The van der Waals surface area contributed by atoms with Crippen molar-refractivity contribution < 1.29 is 8.78 Å². The van der Waals surface area contributed by atoms with Crippen molar-refractivity contribution in [2.45, 2.75) is 0 Å². The van der Waals surface area contributed by atoms with Crippen LogP contribution in [0.2, 0.25) is 0 Å². The molecule has 1 radical (unpaired) electrons. The van der Waals surface area contributed by atoms with E-state index in [0.717, 1.165) is 6.08 Å². The molecule has 1 nitrogen and oxygen atoms in total. The molecule has 3 heteroatoms. The van der Waals surface area contributed by atoms with Crippen LogP contribution >= 0.6 is 0 Å².